The Balaban J connectivity index is 0.000000181. The fraction of sp³-hybridized carbons (Fsp3) is 0.261. The molecule has 1 nitrogen and oxygen atoms in total. The number of hydrogen-bond acceptors (Lipinski definition) is 2. The van der Waals surface area contributed by atoms with Gasteiger partial charge in [-0.15, -0.1) is 11.3 Å². The van der Waals surface area contributed by atoms with Crippen LogP contribution in [0.15, 0.2) is 55.1 Å². The Labute approximate surface area is 155 Å². The zero-order chi connectivity index (χ0) is 18.4. The molecule has 1 aromatic carbocycles. The van der Waals surface area contributed by atoms with Crippen LogP contribution in [0.5, 0.6) is 0 Å². The van der Waals surface area contributed by atoms with Gasteiger partial charge in [0.05, 0.1) is 5.69 Å². The summed E-state index contributed by atoms with van der Waals surface area (Å²) < 4.78 is 1.40. The molecular formula is C23H27NS. The Kier molecular flexibility index (Phi) is 6.72. The molecule has 2 aromatic heterocycles. The molecule has 0 aliphatic heterocycles. The van der Waals surface area contributed by atoms with Crippen molar-refractivity contribution in [3.63, 3.8) is 0 Å². The first-order valence-electron chi connectivity index (χ1n) is 8.69. The van der Waals surface area contributed by atoms with Crippen LogP contribution in [0.1, 0.15) is 61.9 Å². The van der Waals surface area contributed by atoms with E-state index in [4.69, 9.17) is 0 Å². The maximum Gasteiger partial charge on any atom is 0.0698 e. The highest BCUT2D eigenvalue weighted by atomic mass is 32.1. The van der Waals surface area contributed by atoms with Gasteiger partial charge in [-0.1, -0.05) is 65.1 Å². The third-order valence-electron chi connectivity index (χ3n) is 4.21. The number of aromatic nitrogens is 1. The summed E-state index contributed by atoms with van der Waals surface area (Å²) in [4.78, 5) is 4.22. The molecule has 130 valence electrons. The molecule has 0 aliphatic rings. The van der Waals surface area contributed by atoms with E-state index in [-0.39, 0.29) is 0 Å². The Morgan fingerprint density at radius 1 is 0.920 bits per heavy atom. The van der Waals surface area contributed by atoms with Crippen LogP contribution in [0.2, 0.25) is 0 Å². The first kappa shape index (κ1) is 19.1. The van der Waals surface area contributed by atoms with Crippen LogP contribution in [0.25, 0.3) is 22.2 Å². The predicted octanol–water partition coefficient (Wildman–Crippen LogP) is 7.52. The van der Waals surface area contributed by atoms with Crippen LogP contribution in [0.3, 0.4) is 0 Å². The van der Waals surface area contributed by atoms with Crippen LogP contribution in [-0.4, -0.2) is 4.98 Å². The lowest BCUT2D eigenvalue weighted by Gasteiger charge is -2.11. The number of rotatable bonds is 4. The Hall–Kier alpha value is -2.19. The molecule has 0 saturated heterocycles. The molecule has 0 unspecified atom stereocenters. The first-order chi connectivity index (χ1) is 12.0. The molecule has 0 atom stereocenters. The zero-order valence-electron chi connectivity index (χ0n) is 15.6. The van der Waals surface area contributed by atoms with Gasteiger partial charge in [-0.05, 0) is 51.9 Å². The minimum Gasteiger partial charge on any atom is -0.256 e. The maximum absolute atomic E-state index is 4.22. The molecule has 0 radical (unpaired) electrons. The number of thiophene rings is 1. The van der Waals surface area contributed by atoms with Crippen molar-refractivity contribution in [2.45, 2.75) is 39.5 Å². The molecule has 3 aromatic rings. The van der Waals surface area contributed by atoms with Crippen molar-refractivity contribution in [2.75, 3.05) is 0 Å². The Bertz CT molecular complexity index is 855. The van der Waals surface area contributed by atoms with E-state index in [1.807, 2.05) is 29.7 Å². The molecular weight excluding hydrogens is 322 g/mol. The summed E-state index contributed by atoms with van der Waals surface area (Å²) in [5.41, 5.74) is 4.78. The van der Waals surface area contributed by atoms with Crippen LogP contribution in [0, 0.1) is 0 Å². The van der Waals surface area contributed by atoms with E-state index in [0.29, 0.717) is 11.8 Å². The zero-order valence-corrected chi connectivity index (χ0v) is 16.4. The number of fused-ring (bicyclic) bond motifs is 1. The van der Waals surface area contributed by atoms with E-state index >= 15 is 0 Å². The van der Waals surface area contributed by atoms with Crippen molar-refractivity contribution in [1.82, 2.24) is 4.98 Å². The van der Waals surface area contributed by atoms with E-state index in [2.05, 4.69) is 75.5 Å². The fourth-order valence-electron chi connectivity index (χ4n) is 2.84. The molecule has 0 saturated carbocycles. The summed E-state index contributed by atoms with van der Waals surface area (Å²) in [6.45, 7) is 16.3. The topological polar surface area (TPSA) is 12.9 Å². The van der Waals surface area contributed by atoms with Gasteiger partial charge in [-0.2, -0.15) is 0 Å². The maximum atomic E-state index is 4.22. The summed E-state index contributed by atoms with van der Waals surface area (Å²) in [5.74, 6) is 1.14. The van der Waals surface area contributed by atoms with Crippen molar-refractivity contribution < 1.29 is 0 Å². The van der Waals surface area contributed by atoms with Crippen molar-refractivity contribution in [3.05, 3.63) is 77.5 Å². The van der Waals surface area contributed by atoms with E-state index < -0.39 is 0 Å². The minimum atomic E-state index is 0.495. The third-order valence-corrected chi connectivity index (χ3v) is 5.19. The number of benzene rings is 1. The van der Waals surface area contributed by atoms with E-state index in [1.165, 1.54) is 21.2 Å². The average Bonchev–Trinajstić information content (AvgIpc) is 3.05. The summed E-state index contributed by atoms with van der Waals surface area (Å²) in [6, 6.07) is 10.6. The lowest BCUT2D eigenvalue weighted by molar-refractivity contribution is 0.859. The van der Waals surface area contributed by atoms with Crippen LogP contribution in [-0.2, 0) is 0 Å². The van der Waals surface area contributed by atoms with E-state index in [0.717, 1.165) is 11.3 Å². The van der Waals surface area contributed by atoms with E-state index in [9.17, 15) is 0 Å². The van der Waals surface area contributed by atoms with Gasteiger partial charge >= 0.3 is 0 Å². The van der Waals surface area contributed by atoms with Gasteiger partial charge in [0, 0.05) is 16.5 Å². The summed E-state index contributed by atoms with van der Waals surface area (Å²) in [7, 11) is 0. The molecule has 0 bridgehead atoms. The Morgan fingerprint density at radius 3 is 2.20 bits per heavy atom. The highest BCUT2D eigenvalue weighted by Crippen LogP contribution is 2.30. The average molecular weight is 350 g/mol. The molecule has 0 N–H and O–H groups in total. The molecule has 3 rings (SSSR count). The van der Waals surface area contributed by atoms with Crippen LogP contribution < -0.4 is 0 Å². The largest absolute Gasteiger partial charge is 0.256 e. The molecule has 2 heteroatoms. The van der Waals surface area contributed by atoms with Gasteiger partial charge in [0.2, 0.25) is 0 Å². The SMILES string of the molecule is C=Cc1nccc(C(C)C)c1C=C.CC(C)c1csc2ccccc12. The van der Waals surface area contributed by atoms with Crippen LogP contribution >= 0.6 is 11.3 Å². The Morgan fingerprint density at radius 2 is 1.60 bits per heavy atom. The van der Waals surface area contributed by atoms with Crippen molar-refractivity contribution in [1.29, 1.82) is 0 Å². The number of hydrogen-bond donors (Lipinski definition) is 0. The van der Waals surface area contributed by atoms with Gasteiger partial charge in [0.15, 0.2) is 0 Å². The monoisotopic (exact) mass is 349 g/mol. The molecule has 0 aliphatic carbocycles. The van der Waals surface area contributed by atoms with Gasteiger partial charge in [0.25, 0.3) is 0 Å². The quantitative estimate of drug-likeness (QED) is 0.474. The van der Waals surface area contributed by atoms with Crippen molar-refractivity contribution in [2.24, 2.45) is 0 Å². The van der Waals surface area contributed by atoms with Crippen LogP contribution in [0.4, 0.5) is 0 Å². The third kappa shape index (κ3) is 4.46. The molecule has 0 spiro atoms. The smallest absolute Gasteiger partial charge is 0.0698 e. The minimum absolute atomic E-state index is 0.495. The molecule has 25 heavy (non-hydrogen) atoms. The molecule has 0 fully saturated rings. The van der Waals surface area contributed by atoms with Crippen molar-refractivity contribution in [3.8, 4) is 0 Å². The first-order valence-corrected chi connectivity index (χ1v) is 9.57. The van der Waals surface area contributed by atoms with E-state index in [1.54, 1.807) is 6.08 Å². The standard InChI is InChI=1S/C12H15N.C11H12S/c1-5-10-11(9(3)4)7-8-13-12(10)6-2;1-8(2)10-7-12-11-6-4-3-5-9(10)11/h5-9H,1-2H2,3-4H3;3-8H,1-2H3. The summed E-state index contributed by atoms with van der Waals surface area (Å²) in [6.07, 6.45) is 5.43. The summed E-state index contributed by atoms with van der Waals surface area (Å²) >= 11 is 1.84. The highest BCUT2D eigenvalue weighted by molar-refractivity contribution is 7.17. The van der Waals surface area contributed by atoms with Gasteiger partial charge in [-0.25, -0.2) is 0 Å². The second-order valence-corrected chi connectivity index (χ2v) is 7.52. The van der Waals surface area contributed by atoms with Gasteiger partial charge in [-0.3, -0.25) is 4.98 Å². The second-order valence-electron chi connectivity index (χ2n) is 6.60. The second kappa shape index (κ2) is 8.77. The highest BCUT2D eigenvalue weighted by Gasteiger charge is 2.07. The molecule has 0 amide bonds. The number of nitrogens with zero attached hydrogens (tertiary/aromatic N) is 1. The predicted molar refractivity (Wildman–Crippen MR) is 114 cm³/mol. The lowest BCUT2D eigenvalue weighted by atomic mass is 9.97. The lowest BCUT2D eigenvalue weighted by Crippen LogP contribution is -1.96. The van der Waals surface area contributed by atoms with Gasteiger partial charge in [0.1, 0.15) is 0 Å². The van der Waals surface area contributed by atoms with Crippen molar-refractivity contribution >= 4 is 33.6 Å². The van der Waals surface area contributed by atoms with Gasteiger partial charge < -0.3 is 0 Å². The number of pyridine rings is 1. The molecule has 2 heterocycles. The summed E-state index contributed by atoms with van der Waals surface area (Å²) in [5, 5.41) is 3.70. The fourth-order valence-corrected chi connectivity index (χ4v) is 3.96. The normalized spacial score (nSPS) is 10.6.